The van der Waals surface area contributed by atoms with Gasteiger partial charge in [0.25, 0.3) is 0 Å². The number of nitrogens with one attached hydrogen (secondary N) is 1. The fraction of sp³-hybridized carbons (Fsp3) is 0.929. The minimum atomic E-state index is -0.119. The van der Waals surface area contributed by atoms with Gasteiger partial charge in [-0.1, -0.05) is 32.1 Å². The molecule has 4 nitrogen and oxygen atoms in total. The summed E-state index contributed by atoms with van der Waals surface area (Å²) in [5, 5.41) is 3.15. The van der Waals surface area contributed by atoms with Crippen molar-refractivity contribution in [1.82, 2.24) is 5.32 Å². The lowest BCUT2D eigenvalue weighted by Crippen LogP contribution is -2.36. The van der Waals surface area contributed by atoms with Crippen LogP contribution in [0.1, 0.15) is 51.4 Å². The van der Waals surface area contributed by atoms with Gasteiger partial charge in [0.2, 0.25) is 0 Å². The Labute approximate surface area is 110 Å². The third kappa shape index (κ3) is 4.25. The lowest BCUT2D eigenvalue weighted by molar-refractivity contribution is -0.146. The van der Waals surface area contributed by atoms with Gasteiger partial charge in [0.15, 0.2) is 0 Å². The van der Waals surface area contributed by atoms with Crippen LogP contribution in [-0.4, -0.2) is 31.2 Å². The molecule has 18 heavy (non-hydrogen) atoms. The molecule has 0 amide bonds. The highest BCUT2D eigenvalue weighted by atomic mass is 16.5. The Bertz CT molecular complexity index is 259. The van der Waals surface area contributed by atoms with Crippen LogP contribution in [0.2, 0.25) is 0 Å². The molecular formula is C14H26N2O2. The van der Waals surface area contributed by atoms with Gasteiger partial charge in [-0.15, -0.1) is 0 Å². The Balaban J connectivity index is 1.61. The van der Waals surface area contributed by atoms with Gasteiger partial charge in [0, 0.05) is 6.04 Å². The number of hydrogen-bond acceptors (Lipinski definition) is 4. The molecule has 3 N–H and O–H groups in total. The van der Waals surface area contributed by atoms with Crippen LogP contribution in [0.5, 0.6) is 0 Å². The van der Waals surface area contributed by atoms with Crippen molar-refractivity contribution >= 4 is 5.97 Å². The molecule has 1 heterocycles. The predicted octanol–water partition coefficient (Wildman–Crippen LogP) is 1.58. The van der Waals surface area contributed by atoms with Crippen LogP contribution < -0.4 is 11.1 Å². The number of nitrogens with two attached hydrogens (primary N) is 1. The van der Waals surface area contributed by atoms with Crippen LogP contribution in [-0.2, 0) is 9.53 Å². The van der Waals surface area contributed by atoms with Gasteiger partial charge in [-0.05, 0) is 31.7 Å². The summed E-state index contributed by atoms with van der Waals surface area (Å²) in [6.45, 7) is 1.31. The third-order valence-electron chi connectivity index (χ3n) is 4.15. The molecule has 2 rings (SSSR count). The molecule has 0 bridgehead atoms. The molecule has 1 aliphatic carbocycles. The van der Waals surface area contributed by atoms with Crippen molar-refractivity contribution in [3.05, 3.63) is 0 Å². The molecule has 2 aliphatic rings. The topological polar surface area (TPSA) is 64.3 Å². The fourth-order valence-corrected chi connectivity index (χ4v) is 3.09. The Kier molecular flexibility index (Phi) is 5.45. The van der Waals surface area contributed by atoms with Crippen molar-refractivity contribution in [2.45, 2.75) is 63.5 Å². The van der Waals surface area contributed by atoms with Crippen LogP contribution in [0.15, 0.2) is 0 Å². The van der Waals surface area contributed by atoms with E-state index in [0.29, 0.717) is 6.61 Å². The van der Waals surface area contributed by atoms with E-state index in [0.717, 1.165) is 31.7 Å². The molecule has 0 spiro atoms. The van der Waals surface area contributed by atoms with Crippen molar-refractivity contribution in [2.24, 2.45) is 11.7 Å². The number of ether oxygens (including phenoxy) is 1. The molecule has 0 aromatic carbocycles. The standard InChI is InChI=1S/C14H26N2O2/c15-12(9-11-5-2-1-3-6-11)10-18-14(17)13-7-4-8-16-13/h11-13,16H,1-10,15H2/t12?,13-/m0/s1. The van der Waals surface area contributed by atoms with Gasteiger partial charge in [-0.3, -0.25) is 4.79 Å². The van der Waals surface area contributed by atoms with E-state index in [9.17, 15) is 4.79 Å². The summed E-state index contributed by atoms with van der Waals surface area (Å²) in [6, 6.07) is -0.0784. The number of carbonyl (C=O) groups is 1. The molecule has 104 valence electrons. The van der Waals surface area contributed by atoms with Gasteiger partial charge >= 0.3 is 5.97 Å². The molecule has 2 atom stereocenters. The van der Waals surface area contributed by atoms with Gasteiger partial charge in [0.05, 0.1) is 0 Å². The monoisotopic (exact) mass is 254 g/mol. The van der Waals surface area contributed by atoms with E-state index in [1.54, 1.807) is 0 Å². The molecule has 0 aromatic heterocycles. The zero-order valence-corrected chi connectivity index (χ0v) is 11.2. The van der Waals surface area contributed by atoms with Crippen molar-refractivity contribution in [3.63, 3.8) is 0 Å². The van der Waals surface area contributed by atoms with Gasteiger partial charge < -0.3 is 15.8 Å². The number of rotatable bonds is 5. The average Bonchev–Trinajstić information content (AvgIpc) is 2.91. The molecule has 1 aliphatic heterocycles. The molecule has 0 aromatic rings. The van der Waals surface area contributed by atoms with E-state index in [-0.39, 0.29) is 18.1 Å². The second-order valence-corrected chi connectivity index (χ2v) is 5.78. The summed E-state index contributed by atoms with van der Waals surface area (Å²) in [5.41, 5.74) is 6.05. The number of hydrogen-bond donors (Lipinski definition) is 2. The lowest BCUT2D eigenvalue weighted by atomic mass is 9.85. The van der Waals surface area contributed by atoms with Gasteiger partial charge in [-0.25, -0.2) is 0 Å². The molecule has 1 unspecified atom stereocenters. The predicted molar refractivity (Wildman–Crippen MR) is 71.2 cm³/mol. The van der Waals surface area contributed by atoms with Crippen LogP contribution in [0.3, 0.4) is 0 Å². The first kappa shape index (κ1) is 13.8. The molecule has 0 radical (unpaired) electrons. The number of esters is 1. The Morgan fingerprint density at radius 1 is 1.22 bits per heavy atom. The smallest absolute Gasteiger partial charge is 0.323 e. The SMILES string of the molecule is NC(COC(=O)[C@@H]1CCCN1)CC1CCCCC1. The maximum absolute atomic E-state index is 11.7. The Morgan fingerprint density at radius 2 is 2.00 bits per heavy atom. The number of carbonyl (C=O) groups excluding carboxylic acids is 1. The minimum absolute atomic E-state index is 0.0125. The summed E-state index contributed by atoms with van der Waals surface area (Å²) in [5.74, 6) is 0.628. The summed E-state index contributed by atoms with van der Waals surface area (Å²) in [7, 11) is 0. The lowest BCUT2D eigenvalue weighted by Gasteiger charge is -2.24. The minimum Gasteiger partial charge on any atom is -0.463 e. The third-order valence-corrected chi connectivity index (χ3v) is 4.15. The maximum Gasteiger partial charge on any atom is 0.323 e. The second-order valence-electron chi connectivity index (χ2n) is 5.78. The maximum atomic E-state index is 11.7. The zero-order valence-electron chi connectivity index (χ0n) is 11.2. The summed E-state index contributed by atoms with van der Waals surface area (Å²) >= 11 is 0. The highest BCUT2D eigenvalue weighted by Gasteiger charge is 2.24. The van der Waals surface area contributed by atoms with E-state index >= 15 is 0 Å². The molecule has 1 saturated heterocycles. The first-order valence-electron chi connectivity index (χ1n) is 7.41. The molecule has 4 heteroatoms. The first-order chi connectivity index (χ1) is 8.75. The Hall–Kier alpha value is -0.610. The van der Waals surface area contributed by atoms with Crippen molar-refractivity contribution in [3.8, 4) is 0 Å². The van der Waals surface area contributed by atoms with E-state index < -0.39 is 0 Å². The quantitative estimate of drug-likeness (QED) is 0.731. The molecular weight excluding hydrogens is 228 g/mol. The normalized spacial score (nSPS) is 27.1. The Morgan fingerprint density at radius 3 is 2.67 bits per heavy atom. The van der Waals surface area contributed by atoms with Crippen molar-refractivity contribution < 1.29 is 9.53 Å². The van der Waals surface area contributed by atoms with E-state index in [2.05, 4.69) is 5.32 Å². The van der Waals surface area contributed by atoms with E-state index in [4.69, 9.17) is 10.5 Å². The van der Waals surface area contributed by atoms with Crippen LogP contribution in [0, 0.1) is 5.92 Å². The second kappa shape index (κ2) is 7.10. The first-order valence-corrected chi connectivity index (χ1v) is 7.41. The van der Waals surface area contributed by atoms with Crippen molar-refractivity contribution in [2.75, 3.05) is 13.2 Å². The van der Waals surface area contributed by atoms with E-state index in [1.165, 1.54) is 32.1 Å². The molecule has 2 fully saturated rings. The van der Waals surface area contributed by atoms with Crippen molar-refractivity contribution in [1.29, 1.82) is 0 Å². The van der Waals surface area contributed by atoms with Crippen LogP contribution in [0.25, 0.3) is 0 Å². The summed E-state index contributed by atoms with van der Waals surface area (Å²) in [6.07, 6.45) is 9.61. The zero-order chi connectivity index (χ0) is 12.8. The van der Waals surface area contributed by atoms with E-state index in [1.807, 2.05) is 0 Å². The fourth-order valence-electron chi connectivity index (χ4n) is 3.09. The summed E-state index contributed by atoms with van der Waals surface area (Å²) in [4.78, 5) is 11.7. The highest BCUT2D eigenvalue weighted by molar-refractivity contribution is 5.76. The van der Waals surface area contributed by atoms with Gasteiger partial charge in [0.1, 0.15) is 12.6 Å². The van der Waals surface area contributed by atoms with Crippen LogP contribution in [0.4, 0.5) is 0 Å². The largest absolute Gasteiger partial charge is 0.463 e. The average molecular weight is 254 g/mol. The van der Waals surface area contributed by atoms with Gasteiger partial charge in [-0.2, -0.15) is 0 Å². The highest BCUT2D eigenvalue weighted by Crippen LogP contribution is 2.26. The summed E-state index contributed by atoms with van der Waals surface area (Å²) < 4.78 is 5.30. The molecule has 1 saturated carbocycles. The van der Waals surface area contributed by atoms with Crippen LogP contribution >= 0.6 is 0 Å².